The molecular formula is H17MoO14P. The van der Waals surface area contributed by atoms with Crippen LogP contribution in [0, 0.1) is 0 Å². The maximum atomic E-state index is 9.61. The van der Waals surface area contributed by atoms with Crippen LogP contribution in [0.2, 0.25) is 0 Å². The first-order chi connectivity index (χ1) is 3.71. The van der Waals surface area contributed by atoms with Crippen LogP contribution in [0.1, 0.15) is 0 Å². The first-order valence-electron chi connectivity index (χ1n) is 1.45. The summed E-state index contributed by atoms with van der Waals surface area (Å²) < 4.78 is 39.4. The molecule has 0 heterocycles. The maximum absolute atomic E-state index is 9.61. The Morgan fingerprint density at radius 2 is 1.00 bits per heavy atom. The molecule has 14 nitrogen and oxygen atoms in total. The Labute approximate surface area is 91.6 Å². The van der Waals surface area contributed by atoms with Gasteiger partial charge in [-0.05, 0) is 0 Å². The van der Waals surface area contributed by atoms with Crippen LogP contribution in [-0.2, 0) is 31.3 Å². The fourth-order valence-corrected chi connectivity index (χ4v) is 2.18. The van der Waals surface area contributed by atoms with Gasteiger partial charge in [0.15, 0.2) is 0 Å². The van der Waals surface area contributed by atoms with E-state index in [0.29, 0.717) is 0 Å². The molecular weight excluding hydrogens is 351 g/mol. The molecule has 0 amide bonds. The van der Waals surface area contributed by atoms with E-state index in [1.807, 2.05) is 0 Å². The minimum atomic E-state index is -6.03. The molecule has 0 aromatic heterocycles. The Bertz CT molecular complexity index is 217. The van der Waals surface area contributed by atoms with E-state index in [1.165, 1.54) is 0 Å². The van der Waals surface area contributed by atoms with Gasteiger partial charge >= 0.3 is 52.7 Å². The first kappa shape index (κ1) is 56.0. The van der Waals surface area contributed by atoms with Crippen molar-refractivity contribution in [2.75, 3.05) is 0 Å². The summed E-state index contributed by atoms with van der Waals surface area (Å²) in [5.74, 6) is 0. The van der Waals surface area contributed by atoms with Gasteiger partial charge in [0, 0.05) is 0 Å². The van der Waals surface area contributed by atoms with Gasteiger partial charge in [-0.2, -0.15) is 0 Å². The van der Waals surface area contributed by atoms with Gasteiger partial charge in [0.2, 0.25) is 0 Å². The summed E-state index contributed by atoms with van der Waals surface area (Å²) in [6.07, 6.45) is 0. The Kier molecular flexibility index (Phi) is 61.2. The molecule has 0 fully saturated rings. The van der Waals surface area contributed by atoms with Gasteiger partial charge in [0.05, 0.1) is 0 Å². The van der Waals surface area contributed by atoms with Crippen molar-refractivity contribution < 1.29 is 83.2 Å². The average molecular weight is 368 g/mol. The van der Waals surface area contributed by atoms with E-state index in [4.69, 9.17) is 13.5 Å². The molecule has 0 bridgehead atoms. The van der Waals surface area contributed by atoms with E-state index in [9.17, 15) is 11.4 Å². The predicted octanol–water partition coefficient (Wildman–Crippen LogP) is -7.01. The average Bonchev–Trinajstić information content (AvgIpc) is 1.14. The van der Waals surface area contributed by atoms with Crippen LogP contribution in [0.5, 0.6) is 0 Å². The van der Waals surface area contributed by atoms with Crippen LogP contribution in [0.15, 0.2) is 0 Å². The topological polar surface area (TPSA) is 342 Å². The van der Waals surface area contributed by atoms with Crippen LogP contribution in [0.25, 0.3) is 0 Å². The molecule has 0 atom stereocenters. The molecule has 0 aliphatic carbocycles. The summed E-state index contributed by atoms with van der Waals surface area (Å²) >= 11 is -6.03. The molecule has 0 saturated heterocycles. The van der Waals surface area contributed by atoms with Crippen molar-refractivity contribution in [3.63, 3.8) is 0 Å². The van der Waals surface area contributed by atoms with Gasteiger partial charge in [0.1, 0.15) is 0 Å². The van der Waals surface area contributed by atoms with Gasteiger partial charge in [-0.25, -0.2) is 0 Å². The van der Waals surface area contributed by atoms with E-state index in [1.54, 1.807) is 0 Å². The van der Waals surface area contributed by atoms with Crippen LogP contribution in [0.3, 0.4) is 0 Å². The third-order valence-electron chi connectivity index (χ3n) is 0.191. The molecule has 0 aliphatic rings. The van der Waals surface area contributed by atoms with Crippen molar-refractivity contribution in [1.82, 2.24) is 0 Å². The zero-order valence-corrected chi connectivity index (χ0v) is 10.2. The van der Waals surface area contributed by atoms with E-state index in [2.05, 4.69) is 3.18 Å². The molecule has 0 unspecified atom stereocenters. The SMILES string of the molecule is O.O.O.O.O.O.O.O=P(O)(O)[O][Mo](=[O])(=[O])[OH]. The quantitative estimate of drug-likeness (QED) is 0.311. The molecule has 0 aromatic carbocycles. The second-order valence-corrected chi connectivity index (χ2v) is 5.33. The standard InChI is InChI=1S/Mo.H3O4P.8H2O.2O/c;1-5(2,3)4;;;;;;;;;;/h;(H3,1,2,3,4);8*1H2;;/q+2;;;;;;;;;;;/p-2. The van der Waals surface area contributed by atoms with Gasteiger partial charge in [-0.15, -0.1) is 0 Å². The number of rotatable bonds is 2. The van der Waals surface area contributed by atoms with Crippen molar-refractivity contribution in [2.45, 2.75) is 0 Å². The normalized spacial score (nSPS) is 7.69. The summed E-state index contributed by atoms with van der Waals surface area (Å²) in [5.41, 5.74) is 0. The Balaban J connectivity index is -0.0000000152. The second kappa shape index (κ2) is 17.5. The van der Waals surface area contributed by atoms with Crippen LogP contribution < -0.4 is 0 Å². The number of hydrogen-bond acceptors (Lipinski definition) is 4. The fraction of sp³-hybridized carbons (Fsp3) is 0. The molecule has 16 heteroatoms. The molecule has 0 spiro atoms. The molecule has 0 rings (SSSR count). The number of phosphoric acid groups is 1. The second-order valence-electron chi connectivity index (χ2n) is 0.993. The Morgan fingerprint density at radius 3 is 1.00 bits per heavy atom. The van der Waals surface area contributed by atoms with Crippen molar-refractivity contribution >= 4 is 7.82 Å². The van der Waals surface area contributed by atoms with Crippen LogP contribution >= 0.6 is 7.82 Å². The monoisotopic (exact) mass is 370 g/mol. The Morgan fingerprint density at radius 1 is 0.812 bits per heavy atom. The first-order valence-corrected chi connectivity index (χ1v) is 6.33. The van der Waals surface area contributed by atoms with E-state index >= 15 is 0 Å². The molecule has 0 aliphatic heterocycles. The molecule has 112 valence electrons. The van der Waals surface area contributed by atoms with E-state index in [-0.39, 0.29) is 38.3 Å². The zero-order chi connectivity index (χ0) is 7.71. The fourth-order valence-electron chi connectivity index (χ4n) is 0.123. The van der Waals surface area contributed by atoms with Gasteiger partial charge in [0.25, 0.3) is 0 Å². The summed E-state index contributed by atoms with van der Waals surface area (Å²) in [6, 6.07) is 0. The molecule has 16 heavy (non-hydrogen) atoms. The molecule has 0 aromatic rings. The van der Waals surface area contributed by atoms with E-state index < -0.39 is 24.6 Å². The Hall–Kier alpha value is 0.0783. The van der Waals surface area contributed by atoms with Gasteiger partial charge in [-0.3, -0.25) is 0 Å². The van der Waals surface area contributed by atoms with Gasteiger partial charge < -0.3 is 38.3 Å². The van der Waals surface area contributed by atoms with Crippen molar-refractivity contribution in [3.05, 3.63) is 0 Å². The van der Waals surface area contributed by atoms with Crippen LogP contribution in [-0.4, -0.2) is 51.9 Å². The van der Waals surface area contributed by atoms with Crippen molar-refractivity contribution in [2.24, 2.45) is 0 Å². The summed E-state index contributed by atoms with van der Waals surface area (Å²) in [4.78, 5) is 15.5. The molecule has 0 radical (unpaired) electrons. The van der Waals surface area contributed by atoms with E-state index in [0.717, 1.165) is 0 Å². The third-order valence-corrected chi connectivity index (χ3v) is 3.40. The van der Waals surface area contributed by atoms with Crippen molar-refractivity contribution in [3.8, 4) is 0 Å². The third kappa shape index (κ3) is 65.2. The minimum absolute atomic E-state index is 0. The molecule has 0 saturated carbocycles. The van der Waals surface area contributed by atoms with Crippen LogP contribution in [0.4, 0.5) is 0 Å². The van der Waals surface area contributed by atoms with Crippen molar-refractivity contribution in [1.29, 1.82) is 0 Å². The zero-order valence-electron chi connectivity index (χ0n) is 7.33. The summed E-state index contributed by atoms with van der Waals surface area (Å²) in [6.45, 7) is 0. The predicted molar refractivity (Wildman–Crippen MR) is 42.0 cm³/mol. The van der Waals surface area contributed by atoms with Gasteiger partial charge in [-0.1, -0.05) is 0 Å². The molecule has 17 N–H and O–H groups in total. The summed E-state index contributed by atoms with van der Waals surface area (Å²) in [7, 11) is -5.08. The number of hydrogen-bond donors (Lipinski definition) is 3. The summed E-state index contributed by atoms with van der Waals surface area (Å²) in [5, 5.41) is 0.